The summed E-state index contributed by atoms with van der Waals surface area (Å²) in [6.45, 7) is 3.05. The molecule has 2 atom stereocenters. The van der Waals surface area contributed by atoms with E-state index in [1.54, 1.807) is 17.9 Å². The van der Waals surface area contributed by atoms with Gasteiger partial charge in [0.25, 0.3) is 5.91 Å². The number of carbonyl (C=O) groups is 2. The van der Waals surface area contributed by atoms with Gasteiger partial charge in [-0.3, -0.25) is 9.59 Å². The van der Waals surface area contributed by atoms with Crippen LogP contribution in [0, 0.1) is 0 Å². The van der Waals surface area contributed by atoms with Gasteiger partial charge in [-0.25, -0.2) is 0 Å². The molecule has 3 N–H and O–H groups in total. The number of fused-ring (bicyclic) bond motifs is 1. The van der Waals surface area contributed by atoms with E-state index in [0.717, 1.165) is 0 Å². The van der Waals surface area contributed by atoms with Gasteiger partial charge in [0, 0.05) is 19.1 Å². The number of halogens is 1. The molecule has 0 bridgehead atoms. The zero-order valence-electron chi connectivity index (χ0n) is 14.1. The predicted octanol–water partition coefficient (Wildman–Crippen LogP) is 0.703. The Morgan fingerprint density at radius 3 is 2.52 bits per heavy atom. The topological polar surface area (TPSA) is 93.9 Å². The maximum absolute atomic E-state index is 12.6. The largest absolute Gasteiger partial charge is 0.485 e. The Balaban J connectivity index is 0.00000225. The lowest BCUT2D eigenvalue weighted by molar-refractivity contribution is -0.142. The van der Waals surface area contributed by atoms with Gasteiger partial charge in [-0.05, 0) is 31.9 Å². The molecule has 0 aromatic heterocycles. The summed E-state index contributed by atoms with van der Waals surface area (Å²) in [6, 6.07) is 6.88. The number of hydrogen-bond donors (Lipinski definition) is 2. The fourth-order valence-electron chi connectivity index (χ4n) is 2.92. The Bertz CT molecular complexity index is 618. The summed E-state index contributed by atoms with van der Waals surface area (Å²) in [5.41, 5.74) is 5.56. The number of piperidine rings is 1. The van der Waals surface area contributed by atoms with Crippen molar-refractivity contribution in [2.24, 2.45) is 5.73 Å². The lowest BCUT2D eigenvalue weighted by Gasteiger charge is -2.35. The fraction of sp³-hybridized carbons (Fsp3) is 0.529. The van der Waals surface area contributed by atoms with E-state index in [4.69, 9.17) is 15.2 Å². The van der Waals surface area contributed by atoms with Gasteiger partial charge in [0.2, 0.25) is 12.0 Å². The molecule has 138 valence electrons. The second-order valence-corrected chi connectivity index (χ2v) is 6.26. The third-order valence-corrected chi connectivity index (χ3v) is 4.35. The average molecular weight is 370 g/mol. The van der Waals surface area contributed by atoms with Crippen molar-refractivity contribution >= 4 is 24.2 Å². The minimum Gasteiger partial charge on any atom is -0.485 e. The molecule has 2 aliphatic rings. The van der Waals surface area contributed by atoms with E-state index in [2.05, 4.69) is 5.32 Å². The molecule has 0 radical (unpaired) electrons. The number of likely N-dealkylation sites (tertiary alicyclic amines) is 1. The Morgan fingerprint density at radius 1 is 1.24 bits per heavy atom. The Labute approximate surface area is 153 Å². The van der Waals surface area contributed by atoms with Gasteiger partial charge < -0.3 is 25.4 Å². The van der Waals surface area contributed by atoms with Crippen molar-refractivity contribution < 1.29 is 19.1 Å². The van der Waals surface area contributed by atoms with E-state index in [-0.39, 0.29) is 36.9 Å². The van der Waals surface area contributed by atoms with Crippen LogP contribution in [0.25, 0.3) is 0 Å². The Morgan fingerprint density at radius 2 is 1.88 bits per heavy atom. The number of carbonyl (C=O) groups excluding carboxylic acids is 2. The smallest absolute Gasteiger partial charge is 0.267 e. The number of nitrogens with one attached hydrogen (secondary N) is 1. The van der Waals surface area contributed by atoms with Crippen molar-refractivity contribution in [1.29, 1.82) is 0 Å². The second-order valence-electron chi connectivity index (χ2n) is 6.26. The molecule has 1 aromatic rings. The van der Waals surface area contributed by atoms with Crippen molar-refractivity contribution in [2.75, 3.05) is 19.7 Å². The normalized spacial score (nSPS) is 21.0. The van der Waals surface area contributed by atoms with Crippen molar-refractivity contribution in [3.8, 4) is 11.5 Å². The van der Waals surface area contributed by atoms with Gasteiger partial charge in [-0.1, -0.05) is 12.1 Å². The highest BCUT2D eigenvalue weighted by Gasteiger charge is 2.33. The Kier molecular flexibility index (Phi) is 6.50. The molecule has 1 saturated heterocycles. The monoisotopic (exact) mass is 369 g/mol. The minimum atomic E-state index is -0.616. The number of nitrogens with two attached hydrogens (primary N) is 1. The van der Waals surface area contributed by atoms with Crippen LogP contribution < -0.4 is 20.5 Å². The average Bonchev–Trinajstić information content (AvgIpc) is 2.61. The van der Waals surface area contributed by atoms with E-state index >= 15 is 0 Å². The van der Waals surface area contributed by atoms with Crippen molar-refractivity contribution in [2.45, 2.75) is 38.0 Å². The first-order valence-corrected chi connectivity index (χ1v) is 8.28. The molecule has 1 unspecified atom stereocenters. The minimum absolute atomic E-state index is 0. The maximum atomic E-state index is 12.6. The standard InChI is InChI=1S/C17H23N3O4.ClH/c1-11(18)16(21)19-12-6-8-20(9-7-12)17(22)15-10-23-13-4-2-3-5-14(13)24-15;/h2-5,11-12,15H,6-10,18H2,1H3,(H,19,21);1H/t11-,15?;/m1./s1. The van der Waals surface area contributed by atoms with Crippen LogP contribution in [0.5, 0.6) is 11.5 Å². The molecule has 2 heterocycles. The number of para-hydroxylation sites is 2. The summed E-state index contributed by atoms with van der Waals surface area (Å²) in [7, 11) is 0. The van der Waals surface area contributed by atoms with E-state index < -0.39 is 12.1 Å². The van der Waals surface area contributed by atoms with Crippen LogP contribution in [-0.2, 0) is 9.59 Å². The van der Waals surface area contributed by atoms with Crippen LogP contribution in [-0.4, -0.2) is 54.6 Å². The molecule has 8 heteroatoms. The van der Waals surface area contributed by atoms with Crippen LogP contribution in [0.2, 0.25) is 0 Å². The lowest BCUT2D eigenvalue weighted by Crippen LogP contribution is -2.53. The summed E-state index contributed by atoms with van der Waals surface area (Å²) in [4.78, 5) is 26.0. The van der Waals surface area contributed by atoms with E-state index in [1.807, 2.05) is 18.2 Å². The van der Waals surface area contributed by atoms with Crippen LogP contribution >= 0.6 is 12.4 Å². The van der Waals surface area contributed by atoms with Crippen molar-refractivity contribution in [3.05, 3.63) is 24.3 Å². The molecule has 25 heavy (non-hydrogen) atoms. The number of amides is 2. The van der Waals surface area contributed by atoms with E-state index in [9.17, 15) is 9.59 Å². The lowest BCUT2D eigenvalue weighted by atomic mass is 10.0. The SMILES string of the molecule is C[C@@H](N)C(=O)NC1CCN(C(=O)C2COc3ccccc3O2)CC1.Cl. The quantitative estimate of drug-likeness (QED) is 0.818. The summed E-state index contributed by atoms with van der Waals surface area (Å²) >= 11 is 0. The van der Waals surface area contributed by atoms with Gasteiger partial charge >= 0.3 is 0 Å². The molecule has 7 nitrogen and oxygen atoms in total. The molecule has 0 aliphatic carbocycles. The number of nitrogens with zero attached hydrogens (tertiary/aromatic N) is 1. The third kappa shape index (κ3) is 4.55. The molecule has 1 aromatic carbocycles. The first-order chi connectivity index (χ1) is 11.5. The van der Waals surface area contributed by atoms with Crippen molar-refractivity contribution in [3.63, 3.8) is 0 Å². The first-order valence-electron chi connectivity index (χ1n) is 8.28. The molecule has 2 aliphatic heterocycles. The van der Waals surface area contributed by atoms with Gasteiger partial charge in [0.05, 0.1) is 6.04 Å². The number of hydrogen-bond acceptors (Lipinski definition) is 5. The second kappa shape index (κ2) is 8.40. The van der Waals surface area contributed by atoms with E-state index in [0.29, 0.717) is 37.4 Å². The number of benzene rings is 1. The van der Waals surface area contributed by atoms with Gasteiger partial charge in [-0.2, -0.15) is 0 Å². The zero-order valence-corrected chi connectivity index (χ0v) is 15.0. The summed E-state index contributed by atoms with van der Waals surface area (Å²) in [5.74, 6) is 1.04. The Hall–Kier alpha value is -1.99. The fourth-order valence-corrected chi connectivity index (χ4v) is 2.92. The van der Waals surface area contributed by atoms with E-state index in [1.165, 1.54) is 0 Å². The predicted molar refractivity (Wildman–Crippen MR) is 95.0 cm³/mol. The van der Waals surface area contributed by atoms with Crippen LogP contribution in [0.15, 0.2) is 24.3 Å². The zero-order chi connectivity index (χ0) is 17.1. The summed E-state index contributed by atoms with van der Waals surface area (Å²) in [5, 5.41) is 2.91. The highest BCUT2D eigenvalue weighted by molar-refractivity contribution is 5.85. The first kappa shape index (κ1) is 19.3. The maximum Gasteiger partial charge on any atom is 0.267 e. The molecule has 0 spiro atoms. The van der Waals surface area contributed by atoms with Crippen molar-refractivity contribution in [1.82, 2.24) is 10.2 Å². The molecule has 0 saturated carbocycles. The molecule has 3 rings (SSSR count). The molecule has 2 amide bonds. The highest BCUT2D eigenvalue weighted by atomic mass is 35.5. The summed E-state index contributed by atoms with van der Waals surface area (Å²) < 4.78 is 11.4. The van der Waals surface area contributed by atoms with Gasteiger partial charge in [0.1, 0.15) is 6.61 Å². The highest BCUT2D eigenvalue weighted by Crippen LogP contribution is 2.31. The van der Waals surface area contributed by atoms with Gasteiger partial charge in [0.15, 0.2) is 11.5 Å². The van der Waals surface area contributed by atoms with Gasteiger partial charge in [-0.15, -0.1) is 12.4 Å². The molecular formula is C17H24ClN3O4. The van der Waals surface area contributed by atoms with Crippen LogP contribution in [0.1, 0.15) is 19.8 Å². The van der Waals surface area contributed by atoms with Crippen LogP contribution in [0.3, 0.4) is 0 Å². The third-order valence-electron chi connectivity index (χ3n) is 4.35. The molecule has 1 fully saturated rings. The number of rotatable bonds is 3. The molecular weight excluding hydrogens is 346 g/mol. The number of ether oxygens (including phenoxy) is 2. The summed E-state index contributed by atoms with van der Waals surface area (Å²) in [6.07, 6.45) is 0.818. The van der Waals surface area contributed by atoms with Crippen LogP contribution in [0.4, 0.5) is 0 Å².